The molecule has 0 unspecified atom stereocenters. The van der Waals surface area contributed by atoms with Crippen LogP contribution in [0.15, 0.2) is 97.1 Å². The first kappa shape index (κ1) is 24.7. The highest BCUT2D eigenvalue weighted by Crippen LogP contribution is 2.61. The van der Waals surface area contributed by atoms with E-state index in [-0.39, 0.29) is 11.3 Å². The van der Waals surface area contributed by atoms with Crippen LogP contribution >= 0.6 is 11.6 Å². The molecule has 4 nitrogen and oxygen atoms in total. The molecule has 0 amide bonds. The van der Waals surface area contributed by atoms with Crippen LogP contribution in [0.4, 0.5) is 10.1 Å². The van der Waals surface area contributed by atoms with Crippen LogP contribution in [0.1, 0.15) is 53.7 Å². The van der Waals surface area contributed by atoms with Gasteiger partial charge in [-0.3, -0.25) is 14.4 Å². The summed E-state index contributed by atoms with van der Waals surface area (Å²) in [5.74, 6) is -2.73. The highest BCUT2D eigenvalue weighted by Gasteiger charge is 2.71. The van der Waals surface area contributed by atoms with E-state index in [4.69, 9.17) is 11.6 Å². The summed E-state index contributed by atoms with van der Waals surface area (Å²) in [6.45, 7) is 1.93. The van der Waals surface area contributed by atoms with E-state index in [1.54, 1.807) is 78.9 Å². The van der Waals surface area contributed by atoms with Gasteiger partial charge in [-0.15, -0.1) is 0 Å². The zero-order valence-corrected chi connectivity index (χ0v) is 22.2. The Hall–Kier alpha value is -4.35. The first-order chi connectivity index (χ1) is 19.3. The number of nitrogens with zero attached hydrogens (tertiary/aromatic N) is 1. The third kappa shape index (κ3) is 3.21. The number of anilines is 1. The number of carbonyl (C=O) groups is 3. The number of benzene rings is 4. The molecule has 0 bridgehead atoms. The van der Waals surface area contributed by atoms with Gasteiger partial charge in [0.1, 0.15) is 17.3 Å². The lowest BCUT2D eigenvalue weighted by Gasteiger charge is -2.37. The number of carbonyl (C=O) groups excluding carboxylic acids is 3. The van der Waals surface area contributed by atoms with Gasteiger partial charge in [-0.05, 0) is 42.3 Å². The number of halogens is 2. The summed E-state index contributed by atoms with van der Waals surface area (Å²) in [4.78, 5) is 45.5. The maximum Gasteiger partial charge on any atom is 0.185 e. The second-order valence-electron chi connectivity index (χ2n) is 10.7. The third-order valence-electron chi connectivity index (χ3n) is 8.61. The molecule has 0 radical (unpaired) electrons. The van der Waals surface area contributed by atoms with Crippen LogP contribution in [0.3, 0.4) is 0 Å². The normalized spacial score (nSPS) is 21.9. The molecule has 3 atom stereocenters. The molecular weight excluding hydrogens is 525 g/mol. The van der Waals surface area contributed by atoms with Crippen LogP contribution < -0.4 is 4.90 Å². The number of rotatable bonds is 3. The molecule has 0 saturated carbocycles. The van der Waals surface area contributed by atoms with Crippen molar-refractivity contribution in [2.24, 2.45) is 5.41 Å². The molecule has 0 aromatic heterocycles. The Kier molecular flexibility index (Phi) is 5.45. The highest BCUT2D eigenvalue weighted by atomic mass is 35.5. The minimum atomic E-state index is -1.75. The molecular formula is C34H23ClFNO3. The van der Waals surface area contributed by atoms with Crippen LogP contribution in [-0.4, -0.2) is 29.4 Å². The minimum absolute atomic E-state index is 0.167. The molecule has 1 spiro atoms. The van der Waals surface area contributed by atoms with Crippen LogP contribution in [-0.2, 0) is 0 Å². The van der Waals surface area contributed by atoms with E-state index in [0.29, 0.717) is 27.4 Å². The molecule has 2 aliphatic heterocycles. The van der Waals surface area contributed by atoms with E-state index in [0.717, 1.165) is 11.1 Å². The van der Waals surface area contributed by atoms with E-state index >= 15 is 4.39 Å². The fourth-order valence-corrected chi connectivity index (χ4v) is 7.09. The van der Waals surface area contributed by atoms with Gasteiger partial charge in [0.2, 0.25) is 0 Å². The van der Waals surface area contributed by atoms with Crippen molar-refractivity contribution >= 4 is 40.7 Å². The summed E-state index contributed by atoms with van der Waals surface area (Å²) >= 11 is 6.33. The van der Waals surface area contributed by atoms with Gasteiger partial charge in [0.15, 0.2) is 17.3 Å². The van der Waals surface area contributed by atoms with E-state index in [2.05, 4.69) is 0 Å². The monoisotopic (exact) mass is 547 g/mol. The van der Waals surface area contributed by atoms with Gasteiger partial charge < -0.3 is 4.90 Å². The number of fused-ring (bicyclic) bond motifs is 5. The maximum absolute atomic E-state index is 15.8. The summed E-state index contributed by atoms with van der Waals surface area (Å²) in [5.41, 5.74) is 1.85. The number of ketones is 3. The van der Waals surface area contributed by atoms with Gasteiger partial charge in [-0.1, -0.05) is 96.0 Å². The average Bonchev–Trinajstić information content (AvgIpc) is 3.39. The Morgan fingerprint density at radius 2 is 1.52 bits per heavy atom. The molecule has 6 heteroatoms. The minimum Gasteiger partial charge on any atom is -0.352 e. The molecule has 1 saturated heterocycles. The fraction of sp³-hybridized carbons (Fsp3) is 0.147. The summed E-state index contributed by atoms with van der Waals surface area (Å²) in [6.07, 6.45) is 3.64. The lowest BCUT2D eigenvalue weighted by Crippen LogP contribution is -2.48. The van der Waals surface area contributed by atoms with Gasteiger partial charge in [0, 0.05) is 33.3 Å². The predicted molar refractivity (Wildman–Crippen MR) is 153 cm³/mol. The molecule has 2 heterocycles. The number of hydrogen-bond donors (Lipinski definition) is 0. The van der Waals surface area contributed by atoms with Crippen molar-refractivity contribution in [2.75, 3.05) is 4.90 Å². The predicted octanol–water partition coefficient (Wildman–Crippen LogP) is 7.10. The molecule has 3 aliphatic rings. The maximum atomic E-state index is 15.8. The third-order valence-corrected chi connectivity index (χ3v) is 8.85. The van der Waals surface area contributed by atoms with Gasteiger partial charge in [-0.2, -0.15) is 0 Å². The summed E-state index contributed by atoms with van der Waals surface area (Å²) in [7, 11) is 0. The molecule has 4 aromatic carbocycles. The molecule has 1 fully saturated rings. The summed E-state index contributed by atoms with van der Waals surface area (Å²) < 4.78 is 15.8. The van der Waals surface area contributed by atoms with Crippen LogP contribution in [0, 0.1) is 18.2 Å². The Balaban J connectivity index is 1.56. The standard InChI is InChI=1S/C34H23ClFNO3/c1-19-10-12-20(13-11-19)31(38)30-29(25-8-4-5-9-26(25)36)34(32(39)23-6-2-3-7-24(23)33(34)40)28-17-14-21-18-22(35)15-16-27(21)37(28)30/h2-18,28-30H,1H3/t28-,29-,30+/m1/s1. The molecule has 196 valence electrons. The number of Topliss-reactive ketones (excluding diaryl/α,β-unsaturated/α-hetero) is 3. The molecule has 4 aromatic rings. The Morgan fingerprint density at radius 3 is 2.20 bits per heavy atom. The molecule has 40 heavy (non-hydrogen) atoms. The lowest BCUT2D eigenvalue weighted by atomic mass is 9.64. The highest BCUT2D eigenvalue weighted by molar-refractivity contribution is 6.32. The summed E-state index contributed by atoms with van der Waals surface area (Å²) in [6, 6.07) is 23.5. The van der Waals surface area contributed by atoms with Gasteiger partial charge in [0.05, 0.1) is 6.04 Å². The van der Waals surface area contributed by atoms with Gasteiger partial charge >= 0.3 is 0 Å². The number of hydrogen-bond acceptors (Lipinski definition) is 4. The quantitative estimate of drug-likeness (QED) is 0.203. The van der Waals surface area contributed by atoms with Crippen molar-refractivity contribution in [2.45, 2.75) is 24.9 Å². The van der Waals surface area contributed by atoms with E-state index in [1.807, 2.05) is 30.0 Å². The Morgan fingerprint density at radius 1 is 0.875 bits per heavy atom. The first-order valence-electron chi connectivity index (χ1n) is 13.1. The van der Waals surface area contributed by atoms with E-state index in [9.17, 15) is 14.4 Å². The van der Waals surface area contributed by atoms with E-state index < -0.39 is 40.8 Å². The Bertz CT molecular complexity index is 1740. The Labute approximate surface area is 235 Å². The fourth-order valence-electron chi connectivity index (χ4n) is 6.91. The second-order valence-corrected chi connectivity index (χ2v) is 11.1. The smallest absolute Gasteiger partial charge is 0.185 e. The van der Waals surface area contributed by atoms with Crippen molar-refractivity contribution in [1.82, 2.24) is 0 Å². The summed E-state index contributed by atoms with van der Waals surface area (Å²) in [5, 5.41) is 0.517. The topological polar surface area (TPSA) is 54.5 Å². The molecule has 7 rings (SSSR count). The van der Waals surface area contributed by atoms with Gasteiger partial charge in [-0.25, -0.2) is 4.39 Å². The van der Waals surface area contributed by atoms with Crippen molar-refractivity contribution in [3.8, 4) is 0 Å². The largest absolute Gasteiger partial charge is 0.352 e. The lowest BCUT2D eigenvalue weighted by molar-refractivity contribution is 0.0664. The molecule has 1 aliphatic carbocycles. The molecule has 0 N–H and O–H groups in total. The van der Waals surface area contributed by atoms with Crippen LogP contribution in [0.25, 0.3) is 6.08 Å². The van der Waals surface area contributed by atoms with Crippen molar-refractivity contribution in [3.63, 3.8) is 0 Å². The van der Waals surface area contributed by atoms with Crippen LogP contribution in [0.2, 0.25) is 5.02 Å². The zero-order chi connectivity index (χ0) is 27.8. The number of aryl methyl sites for hydroxylation is 1. The first-order valence-corrected chi connectivity index (χ1v) is 13.5. The zero-order valence-electron chi connectivity index (χ0n) is 21.5. The van der Waals surface area contributed by atoms with Crippen molar-refractivity contribution < 1.29 is 18.8 Å². The SMILES string of the molecule is Cc1ccc(C(=O)[C@@H]2[C@@H](c3ccccc3F)C3(C(=O)c4ccccc4C3=O)[C@H]3C=Cc4cc(Cl)ccc4N23)cc1. The van der Waals surface area contributed by atoms with Gasteiger partial charge in [0.25, 0.3) is 0 Å². The van der Waals surface area contributed by atoms with Crippen molar-refractivity contribution in [1.29, 1.82) is 0 Å². The average molecular weight is 548 g/mol. The van der Waals surface area contributed by atoms with Crippen molar-refractivity contribution in [3.05, 3.63) is 141 Å². The second kappa shape index (κ2) is 8.83. The van der Waals surface area contributed by atoms with E-state index in [1.165, 1.54) is 6.07 Å². The van der Waals surface area contributed by atoms with Crippen LogP contribution in [0.5, 0.6) is 0 Å².